The molecular formula is C16H13NO3. The second kappa shape index (κ2) is 4.81. The van der Waals surface area contributed by atoms with Crippen LogP contribution in [0.15, 0.2) is 48.5 Å². The lowest BCUT2D eigenvalue weighted by atomic mass is 9.77. The van der Waals surface area contributed by atoms with Gasteiger partial charge in [0.1, 0.15) is 0 Å². The van der Waals surface area contributed by atoms with E-state index >= 15 is 0 Å². The number of carboxylic acids is 1. The van der Waals surface area contributed by atoms with Crippen molar-refractivity contribution >= 4 is 17.6 Å². The van der Waals surface area contributed by atoms with Crippen LogP contribution in [0.3, 0.4) is 0 Å². The van der Waals surface area contributed by atoms with E-state index in [1.807, 2.05) is 24.3 Å². The molecule has 1 aliphatic carbocycles. The summed E-state index contributed by atoms with van der Waals surface area (Å²) in [5.74, 6) is -1.13. The van der Waals surface area contributed by atoms with Crippen LogP contribution in [0, 0.1) is 0 Å². The van der Waals surface area contributed by atoms with Crippen LogP contribution in [-0.2, 0) is 11.2 Å². The number of anilines is 1. The Morgan fingerprint density at radius 2 is 1.75 bits per heavy atom. The second-order valence-electron chi connectivity index (χ2n) is 4.83. The first-order valence-corrected chi connectivity index (χ1v) is 6.37. The van der Waals surface area contributed by atoms with Crippen LogP contribution in [-0.4, -0.2) is 17.0 Å². The van der Waals surface area contributed by atoms with Gasteiger partial charge in [-0.25, -0.2) is 4.79 Å². The molecule has 0 fully saturated rings. The van der Waals surface area contributed by atoms with E-state index in [2.05, 4.69) is 5.32 Å². The van der Waals surface area contributed by atoms with Gasteiger partial charge >= 0.3 is 5.97 Å². The van der Waals surface area contributed by atoms with Gasteiger partial charge in [0.25, 0.3) is 0 Å². The van der Waals surface area contributed by atoms with E-state index in [-0.39, 0.29) is 17.4 Å². The van der Waals surface area contributed by atoms with Crippen LogP contribution in [0.2, 0.25) is 0 Å². The fraction of sp³-hybridized carbons (Fsp3) is 0.125. The van der Waals surface area contributed by atoms with Gasteiger partial charge in [-0.05, 0) is 41.8 Å². The van der Waals surface area contributed by atoms with E-state index in [1.165, 1.54) is 17.7 Å². The summed E-state index contributed by atoms with van der Waals surface area (Å²) >= 11 is 0. The Morgan fingerprint density at radius 3 is 2.40 bits per heavy atom. The van der Waals surface area contributed by atoms with Gasteiger partial charge in [-0.1, -0.05) is 24.3 Å². The monoisotopic (exact) mass is 267 g/mol. The molecular weight excluding hydrogens is 254 g/mol. The normalized spacial score (nSPS) is 15.9. The molecule has 0 saturated heterocycles. The van der Waals surface area contributed by atoms with Gasteiger partial charge in [0.2, 0.25) is 5.91 Å². The molecule has 1 aliphatic rings. The lowest BCUT2D eigenvalue weighted by Gasteiger charge is -2.28. The smallest absolute Gasteiger partial charge is 0.335 e. The molecule has 2 aromatic carbocycles. The van der Waals surface area contributed by atoms with Crippen LogP contribution in [0.1, 0.15) is 27.4 Å². The SMILES string of the molecule is O=C(O)c1ccc(NC(=O)C2Cc3ccccc32)cc1. The number of aromatic carboxylic acids is 1. The standard InChI is InChI=1S/C16H13NO3/c18-15(14-9-11-3-1-2-4-13(11)14)17-12-7-5-10(6-8-12)16(19)20/h1-8,14H,9H2,(H,17,18)(H,19,20). The number of nitrogens with one attached hydrogen (secondary N) is 1. The van der Waals surface area contributed by atoms with Crippen molar-refractivity contribution in [2.75, 3.05) is 5.32 Å². The minimum Gasteiger partial charge on any atom is -0.478 e. The summed E-state index contributed by atoms with van der Waals surface area (Å²) in [6.45, 7) is 0. The fourth-order valence-electron chi connectivity index (χ4n) is 2.42. The Hall–Kier alpha value is -2.62. The van der Waals surface area contributed by atoms with E-state index in [0.29, 0.717) is 5.69 Å². The van der Waals surface area contributed by atoms with Crippen LogP contribution in [0.25, 0.3) is 0 Å². The zero-order chi connectivity index (χ0) is 14.1. The number of rotatable bonds is 3. The Bertz CT molecular complexity index is 676. The van der Waals surface area contributed by atoms with Crippen LogP contribution >= 0.6 is 0 Å². The van der Waals surface area contributed by atoms with E-state index in [9.17, 15) is 9.59 Å². The van der Waals surface area contributed by atoms with Crippen molar-refractivity contribution < 1.29 is 14.7 Å². The largest absolute Gasteiger partial charge is 0.478 e. The molecule has 0 spiro atoms. The maximum absolute atomic E-state index is 12.1. The van der Waals surface area contributed by atoms with E-state index in [1.54, 1.807) is 12.1 Å². The molecule has 0 aliphatic heterocycles. The second-order valence-corrected chi connectivity index (χ2v) is 4.83. The highest BCUT2D eigenvalue weighted by Crippen LogP contribution is 2.35. The first kappa shape index (κ1) is 12.4. The van der Waals surface area contributed by atoms with Gasteiger partial charge < -0.3 is 10.4 Å². The van der Waals surface area contributed by atoms with Gasteiger partial charge in [0.05, 0.1) is 11.5 Å². The van der Waals surface area contributed by atoms with Crippen molar-refractivity contribution in [3.8, 4) is 0 Å². The summed E-state index contributed by atoms with van der Waals surface area (Å²) in [7, 11) is 0. The average Bonchev–Trinajstić information content (AvgIpc) is 2.41. The maximum atomic E-state index is 12.1. The Labute approximate surface area is 116 Å². The molecule has 2 aromatic rings. The summed E-state index contributed by atoms with van der Waals surface area (Å²) in [4.78, 5) is 22.9. The van der Waals surface area contributed by atoms with E-state index < -0.39 is 5.97 Å². The van der Waals surface area contributed by atoms with Crippen LogP contribution in [0.4, 0.5) is 5.69 Å². The van der Waals surface area contributed by atoms with Gasteiger partial charge in [-0.3, -0.25) is 4.79 Å². The third kappa shape index (κ3) is 2.16. The molecule has 1 amide bonds. The van der Waals surface area contributed by atoms with Gasteiger partial charge in [-0.2, -0.15) is 0 Å². The number of hydrogen-bond acceptors (Lipinski definition) is 2. The number of fused-ring (bicyclic) bond motifs is 1. The summed E-state index contributed by atoms with van der Waals surface area (Å²) < 4.78 is 0. The number of amides is 1. The Kier molecular flexibility index (Phi) is 2.99. The third-order valence-corrected chi connectivity index (χ3v) is 3.57. The molecule has 100 valence electrons. The van der Waals surface area contributed by atoms with E-state index in [0.717, 1.165) is 12.0 Å². The maximum Gasteiger partial charge on any atom is 0.335 e. The highest BCUT2D eigenvalue weighted by Gasteiger charge is 2.31. The predicted octanol–water partition coefficient (Wildman–Crippen LogP) is 2.66. The third-order valence-electron chi connectivity index (χ3n) is 3.57. The van der Waals surface area contributed by atoms with Crippen molar-refractivity contribution in [3.05, 3.63) is 65.2 Å². The molecule has 1 atom stereocenters. The molecule has 1 unspecified atom stereocenters. The Balaban J connectivity index is 1.70. The van der Waals surface area contributed by atoms with Crippen LogP contribution in [0.5, 0.6) is 0 Å². The molecule has 20 heavy (non-hydrogen) atoms. The van der Waals surface area contributed by atoms with Crippen molar-refractivity contribution in [1.82, 2.24) is 0 Å². The molecule has 0 saturated carbocycles. The average molecular weight is 267 g/mol. The fourth-order valence-corrected chi connectivity index (χ4v) is 2.42. The topological polar surface area (TPSA) is 66.4 Å². The van der Waals surface area contributed by atoms with Gasteiger partial charge in [-0.15, -0.1) is 0 Å². The lowest BCUT2D eigenvalue weighted by Crippen LogP contribution is -2.30. The quantitative estimate of drug-likeness (QED) is 0.898. The predicted molar refractivity (Wildman–Crippen MR) is 74.9 cm³/mol. The zero-order valence-corrected chi connectivity index (χ0v) is 10.7. The Morgan fingerprint density at radius 1 is 1.05 bits per heavy atom. The number of hydrogen-bond donors (Lipinski definition) is 2. The van der Waals surface area contributed by atoms with Crippen molar-refractivity contribution in [2.45, 2.75) is 12.3 Å². The molecule has 4 heteroatoms. The first-order valence-electron chi connectivity index (χ1n) is 6.37. The van der Waals surface area contributed by atoms with Crippen molar-refractivity contribution in [1.29, 1.82) is 0 Å². The molecule has 2 N–H and O–H groups in total. The lowest BCUT2D eigenvalue weighted by molar-refractivity contribution is -0.118. The highest BCUT2D eigenvalue weighted by atomic mass is 16.4. The van der Waals surface area contributed by atoms with Gasteiger partial charge in [0, 0.05) is 5.69 Å². The number of benzene rings is 2. The first-order chi connectivity index (χ1) is 9.65. The summed E-state index contributed by atoms with van der Waals surface area (Å²) in [6.07, 6.45) is 0.759. The highest BCUT2D eigenvalue weighted by molar-refractivity contribution is 5.98. The number of carbonyl (C=O) groups excluding carboxylic acids is 1. The van der Waals surface area contributed by atoms with Crippen LogP contribution < -0.4 is 5.32 Å². The van der Waals surface area contributed by atoms with E-state index in [4.69, 9.17) is 5.11 Å². The number of carboxylic acid groups (broad SMARTS) is 1. The summed E-state index contributed by atoms with van der Waals surface area (Å²) in [6, 6.07) is 14.1. The number of carbonyl (C=O) groups is 2. The molecule has 0 radical (unpaired) electrons. The minimum absolute atomic E-state index is 0.0493. The van der Waals surface area contributed by atoms with Gasteiger partial charge in [0.15, 0.2) is 0 Å². The molecule has 3 rings (SSSR count). The molecule has 4 nitrogen and oxygen atoms in total. The summed E-state index contributed by atoms with van der Waals surface area (Å²) in [5.41, 5.74) is 3.11. The molecule has 0 heterocycles. The molecule has 0 aromatic heterocycles. The summed E-state index contributed by atoms with van der Waals surface area (Å²) in [5, 5.41) is 11.6. The molecule has 0 bridgehead atoms. The minimum atomic E-state index is -0.976. The van der Waals surface area contributed by atoms with Crippen molar-refractivity contribution in [3.63, 3.8) is 0 Å². The zero-order valence-electron chi connectivity index (χ0n) is 10.7. The van der Waals surface area contributed by atoms with Crippen molar-refractivity contribution in [2.24, 2.45) is 0 Å².